The molecule has 0 aliphatic carbocycles. The molecular formula is C6H9ClN2O. The van der Waals surface area contributed by atoms with Crippen LogP contribution < -0.4 is 5.32 Å². The molecule has 0 fully saturated rings. The zero-order valence-corrected chi connectivity index (χ0v) is 6.48. The number of nitrogens with zero attached hydrogens (tertiary/aromatic N) is 1. The molecule has 56 valence electrons. The van der Waals surface area contributed by atoms with Gasteiger partial charge in [-0.3, -0.25) is 0 Å². The number of nitrogens with one attached hydrogen (secondary N) is 1. The molecule has 0 saturated carbocycles. The summed E-state index contributed by atoms with van der Waals surface area (Å²) >= 11 is 5.51. The summed E-state index contributed by atoms with van der Waals surface area (Å²) in [4.78, 5) is 0. The highest BCUT2D eigenvalue weighted by Crippen LogP contribution is 2.07. The van der Waals surface area contributed by atoms with Crippen LogP contribution in [0.3, 0.4) is 0 Å². The molecule has 4 heteroatoms. The van der Waals surface area contributed by atoms with E-state index in [1.807, 2.05) is 6.92 Å². The van der Waals surface area contributed by atoms with Crippen molar-refractivity contribution in [2.75, 3.05) is 6.54 Å². The van der Waals surface area contributed by atoms with Gasteiger partial charge in [-0.1, -0.05) is 23.7 Å². The average molecular weight is 161 g/mol. The van der Waals surface area contributed by atoms with E-state index in [4.69, 9.17) is 16.1 Å². The first-order valence-corrected chi connectivity index (χ1v) is 3.52. The van der Waals surface area contributed by atoms with Gasteiger partial charge in [-0.2, -0.15) is 0 Å². The fourth-order valence-corrected chi connectivity index (χ4v) is 0.775. The Morgan fingerprint density at radius 1 is 1.80 bits per heavy atom. The Labute approximate surface area is 64.3 Å². The third kappa shape index (κ3) is 2.01. The monoisotopic (exact) mass is 160 g/mol. The van der Waals surface area contributed by atoms with Crippen LogP contribution in [-0.2, 0) is 6.54 Å². The normalized spacial score (nSPS) is 10.2. The van der Waals surface area contributed by atoms with E-state index >= 15 is 0 Å². The summed E-state index contributed by atoms with van der Waals surface area (Å²) in [6.45, 7) is 3.63. The van der Waals surface area contributed by atoms with Gasteiger partial charge in [0.2, 0.25) is 0 Å². The maximum absolute atomic E-state index is 5.51. The number of aromatic nitrogens is 1. The molecule has 3 nitrogen and oxygen atoms in total. The Morgan fingerprint density at radius 2 is 2.60 bits per heavy atom. The van der Waals surface area contributed by atoms with Crippen LogP contribution in [-0.4, -0.2) is 11.7 Å². The molecule has 0 aliphatic heterocycles. The Balaban J connectivity index is 2.42. The van der Waals surface area contributed by atoms with Crippen molar-refractivity contribution < 1.29 is 4.52 Å². The predicted molar refractivity (Wildman–Crippen MR) is 38.9 cm³/mol. The van der Waals surface area contributed by atoms with Crippen molar-refractivity contribution in [3.05, 3.63) is 17.0 Å². The minimum Gasteiger partial charge on any atom is -0.358 e. The van der Waals surface area contributed by atoms with Gasteiger partial charge in [0.05, 0.1) is 6.54 Å². The molecule has 1 N–H and O–H groups in total. The first kappa shape index (κ1) is 7.57. The van der Waals surface area contributed by atoms with Gasteiger partial charge in [0, 0.05) is 6.07 Å². The van der Waals surface area contributed by atoms with Crippen molar-refractivity contribution in [3.8, 4) is 0 Å². The third-order valence-corrected chi connectivity index (χ3v) is 1.26. The standard InChI is InChI=1S/C6H9ClN2O/c1-2-8-4-5-3-6(7)9-10-5/h3,8H,2,4H2,1H3. The van der Waals surface area contributed by atoms with Crippen LogP contribution >= 0.6 is 11.6 Å². The molecule has 0 atom stereocenters. The second kappa shape index (κ2) is 3.58. The molecule has 1 rings (SSSR count). The molecule has 0 saturated heterocycles. The van der Waals surface area contributed by atoms with E-state index in [0.29, 0.717) is 11.7 Å². The van der Waals surface area contributed by atoms with Crippen LogP contribution in [0.5, 0.6) is 0 Å². The molecule has 0 radical (unpaired) electrons. The molecule has 0 amide bonds. The second-order valence-electron chi connectivity index (χ2n) is 1.90. The number of rotatable bonds is 3. The first-order chi connectivity index (χ1) is 4.83. The fraction of sp³-hybridized carbons (Fsp3) is 0.500. The van der Waals surface area contributed by atoms with Crippen molar-refractivity contribution >= 4 is 11.6 Å². The Morgan fingerprint density at radius 3 is 3.10 bits per heavy atom. The highest BCUT2D eigenvalue weighted by molar-refractivity contribution is 6.29. The lowest BCUT2D eigenvalue weighted by atomic mass is 10.4. The van der Waals surface area contributed by atoms with Gasteiger partial charge in [-0.25, -0.2) is 0 Å². The van der Waals surface area contributed by atoms with Crippen LogP contribution in [0, 0.1) is 0 Å². The summed E-state index contributed by atoms with van der Waals surface area (Å²) in [5.74, 6) is 0.770. The van der Waals surface area contributed by atoms with Gasteiger partial charge in [0.15, 0.2) is 10.9 Å². The fourth-order valence-electron chi connectivity index (χ4n) is 0.619. The van der Waals surface area contributed by atoms with Gasteiger partial charge in [-0.15, -0.1) is 0 Å². The molecule has 10 heavy (non-hydrogen) atoms. The smallest absolute Gasteiger partial charge is 0.172 e. The van der Waals surface area contributed by atoms with Crippen LogP contribution in [0.4, 0.5) is 0 Å². The van der Waals surface area contributed by atoms with E-state index in [1.165, 1.54) is 0 Å². The summed E-state index contributed by atoms with van der Waals surface area (Å²) in [5.41, 5.74) is 0. The number of hydrogen-bond acceptors (Lipinski definition) is 3. The van der Waals surface area contributed by atoms with Crippen LogP contribution in [0.15, 0.2) is 10.6 Å². The van der Waals surface area contributed by atoms with Gasteiger partial charge >= 0.3 is 0 Å². The van der Waals surface area contributed by atoms with Crippen LogP contribution in [0.1, 0.15) is 12.7 Å². The van der Waals surface area contributed by atoms with Gasteiger partial charge in [-0.05, 0) is 6.54 Å². The zero-order valence-electron chi connectivity index (χ0n) is 5.72. The van der Waals surface area contributed by atoms with E-state index in [2.05, 4.69) is 10.5 Å². The molecule has 0 bridgehead atoms. The molecule has 0 aromatic carbocycles. The lowest BCUT2D eigenvalue weighted by Crippen LogP contribution is -2.10. The van der Waals surface area contributed by atoms with Crippen molar-refractivity contribution in [3.63, 3.8) is 0 Å². The summed E-state index contributed by atoms with van der Waals surface area (Å²) < 4.78 is 4.82. The minimum absolute atomic E-state index is 0.410. The molecular weight excluding hydrogens is 152 g/mol. The Hall–Kier alpha value is -0.540. The average Bonchev–Trinajstić information content (AvgIpc) is 2.31. The molecule has 1 heterocycles. The highest BCUT2D eigenvalue weighted by Gasteiger charge is 1.98. The largest absolute Gasteiger partial charge is 0.358 e. The maximum Gasteiger partial charge on any atom is 0.172 e. The lowest BCUT2D eigenvalue weighted by Gasteiger charge is -1.92. The Bertz CT molecular complexity index is 199. The SMILES string of the molecule is CCNCc1cc(Cl)no1. The summed E-state index contributed by atoms with van der Waals surface area (Å²) in [6.07, 6.45) is 0. The van der Waals surface area contributed by atoms with E-state index in [0.717, 1.165) is 12.3 Å². The lowest BCUT2D eigenvalue weighted by molar-refractivity contribution is 0.374. The van der Waals surface area contributed by atoms with Crippen molar-refractivity contribution in [2.45, 2.75) is 13.5 Å². The van der Waals surface area contributed by atoms with Crippen molar-refractivity contribution in [1.29, 1.82) is 0 Å². The first-order valence-electron chi connectivity index (χ1n) is 3.14. The summed E-state index contributed by atoms with van der Waals surface area (Å²) in [6, 6.07) is 1.70. The van der Waals surface area contributed by atoms with Crippen LogP contribution in [0.25, 0.3) is 0 Å². The summed E-state index contributed by atoms with van der Waals surface area (Å²) in [5, 5.41) is 7.02. The van der Waals surface area contributed by atoms with Crippen LogP contribution in [0.2, 0.25) is 5.15 Å². The van der Waals surface area contributed by atoms with Crippen molar-refractivity contribution in [2.24, 2.45) is 0 Å². The van der Waals surface area contributed by atoms with Gasteiger partial charge < -0.3 is 9.84 Å². The topological polar surface area (TPSA) is 38.1 Å². The van der Waals surface area contributed by atoms with Gasteiger partial charge in [0.25, 0.3) is 0 Å². The minimum atomic E-state index is 0.410. The quantitative estimate of drug-likeness (QED) is 0.727. The van der Waals surface area contributed by atoms with Crippen molar-refractivity contribution in [1.82, 2.24) is 10.5 Å². The van der Waals surface area contributed by atoms with E-state index in [9.17, 15) is 0 Å². The summed E-state index contributed by atoms with van der Waals surface area (Å²) in [7, 11) is 0. The molecule has 0 unspecified atom stereocenters. The second-order valence-corrected chi connectivity index (χ2v) is 2.28. The maximum atomic E-state index is 5.51. The van der Waals surface area contributed by atoms with Gasteiger partial charge in [0.1, 0.15) is 0 Å². The molecule has 1 aromatic rings. The Kier molecular flexibility index (Phi) is 2.71. The highest BCUT2D eigenvalue weighted by atomic mass is 35.5. The van der Waals surface area contributed by atoms with E-state index < -0.39 is 0 Å². The predicted octanol–water partition coefficient (Wildman–Crippen LogP) is 1.44. The number of halogens is 1. The molecule has 0 spiro atoms. The molecule has 0 aliphatic rings. The van der Waals surface area contributed by atoms with E-state index in [-0.39, 0.29) is 0 Å². The van der Waals surface area contributed by atoms with E-state index in [1.54, 1.807) is 6.07 Å². The zero-order chi connectivity index (χ0) is 7.40. The third-order valence-electron chi connectivity index (χ3n) is 1.08. The molecule has 1 aromatic heterocycles. The number of hydrogen-bond donors (Lipinski definition) is 1.